The van der Waals surface area contributed by atoms with E-state index in [9.17, 15) is 12.8 Å². The lowest BCUT2D eigenvalue weighted by Gasteiger charge is -2.09. The first kappa shape index (κ1) is 19.0. The molecule has 2 aromatic carbocycles. The lowest BCUT2D eigenvalue weighted by Crippen LogP contribution is -2.13. The summed E-state index contributed by atoms with van der Waals surface area (Å²) in [6.07, 6.45) is 2.75. The number of sulfonamides is 1. The molecular weight excluding hydrogens is 424 g/mol. The van der Waals surface area contributed by atoms with Crippen molar-refractivity contribution >= 4 is 50.5 Å². The van der Waals surface area contributed by atoms with E-state index in [0.717, 1.165) is 0 Å². The minimum absolute atomic E-state index is 0.0617. The quantitative estimate of drug-likeness (QED) is 0.585. The van der Waals surface area contributed by atoms with E-state index in [4.69, 9.17) is 34.8 Å². The number of benzene rings is 2. The smallest absolute Gasteiger partial charge is 0.263 e. The van der Waals surface area contributed by atoms with Crippen LogP contribution in [0.3, 0.4) is 0 Å². The van der Waals surface area contributed by atoms with Crippen LogP contribution in [0.5, 0.6) is 0 Å². The zero-order chi connectivity index (χ0) is 18.9. The molecule has 0 aliphatic rings. The van der Waals surface area contributed by atoms with Gasteiger partial charge in [-0.3, -0.25) is 9.40 Å². The van der Waals surface area contributed by atoms with Crippen molar-refractivity contribution in [1.29, 1.82) is 0 Å². The monoisotopic (exact) mass is 433 g/mol. The topological polar surface area (TPSA) is 64.0 Å². The predicted octanol–water partition coefficient (Wildman–Crippen LogP) is 4.83. The molecule has 0 bridgehead atoms. The number of nitrogens with zero attached hydrogens (tertiary/aromatic N) is 2. The van der Waals surface area contributed by atoms with Gasteiger partial charge in [0.05, 0.1) is 33.5 Å². The minimum Gasteiger partial charge on any atom is -0.276 e. The van der Waals surface area contributed by atoms with Gasteiger partial charge in [0, 0.05) is 11.8 Å². The fourth-order valence-corrected chi connectivity index (χ4v) is 4.25. The molecule has 0 fully saturated rings. The van der Waals surface area contributed by atoms with E-state index in [1.54, 1.807) is 18.2 Å². The molecule has 3 rings (SSSR count). The van der Waals surface area contributed by atoms with E-state index in [2.05, 4.69) is 9.82 Å². The second-order valence-electron chi connectivity index (χ2n) is 5.32. The average molecular weight is 435 g/mol. The zero-order valence-electron chi connectivity index (χ0n) is 13.0. The van der Waals surface area contributed by atoms with Crippen molar-refractivity contribution < 1.29 is 12.8 Å². The minimum atomic E-state index is -4.00. The summed E-state index contributed by atoms with van der Waals surface area (Å²) < 4.78 is 42.5. The fraction of sp³-hybridized carbons (Fsp3) is 0.0625. The van der Waals surface area contributed by atoms with Crippen LogP contribution in [0.25, 0.3) is 0 Å². The first-order valence-corrected chi connectivity index (χ1v) is 9.81. The van der Waals surface area contributed by atoms with Gasteiger partial charge in [-0.2, -0.15) is 5.10 Å². The summed E-state index contributed by atoms with van der Waals surface area (Å²) in [5.41, 5.74) is 0.626. The highest BCUT2D eigenvalue weighted by Crippen LogP contribution is 2.32. The molecule has 0 aliphatic carbocycles. The molecule has 0 radical (unpaired) electrons. The summed E-state index contributed by atoms with van der Waals surface area (Å²) in [6.45, 7) is 0.155. The molecular formula is C16H11Cl3FN3O2S. The Hall–Kier alpha value is -1.80. The Morgan fingerprint density at radius 2 is 1.77 bits per heavy atom. The van der Waals surface area contributed by atoms with Crippen LogP contribution in [-0.2, 0) is 16.6 Å². The molecule has 0 aliphatic heterocycles. The van der Waals surface area contributed by atoms with Gasteiger partial charge in [-0.05, 0) is 18.2 Å². The molecule has 1 N–H and O–H groups in total. The van der Waals surface area contributed by atoms with Crippen molar-refractivity contribution in [1.82, 2.24) is 9.78 Å². The van der Waals surface area contributed by atoms with Crippen LogP contribution in [0.4, 0.5) is 10.1 Å². The summed E-state index contributed by atoms with van der Waals surface area (Å²) in [5.74, 6) is -0.368. The predicted molar refractivity (Wildman–Crippen MR) is 100 cm³/mol. The summed E-state index contributed by atoms with van der Waals surface area (Å²) in [7, 11) is -4.00. The molecule has 0 saturated heterocycles. The van der Waals surface area contributed by atoms with Crippen LogP contribution in [0, 0.1) is 5.82 Å². The summed E-state index contributed by atoms with van der Waals surface area (Å²) in [4.78, 5) is -0.213. The van der Waals surface area contributed by atoms with E-state index in [1.165, 1.54) is 35.3 Å². The van der Waals surface area contributed by atoms with Gasteiger partial charge in [0.1, 0.15) is 10.7 Å². The van der Waals surface area contributed by atoms with Crippen molar-refractivity contribution in [3.8, 4) is 0 Å². The molecule has 0 saturated carbocycles. The van der Waals surface area contributed by atoms with E-state index in [1.807, 2.05) is 0 Å². The highest BCUT2D eigenvalue weighted by molar-refractivity contribution is 7.92. The maximum absolute atomic E-state index is 13.7. The Morgan fingerprint density at radius 3 is 2.50 bits per heavy atom. The van der Waals surface area contributed by atoms with Gasteiger partial charge in [-0.25, -0.2) is 12.8 Å². The molecule has 5 nitrogen and oxygen atoms in total. The fourth-order valence-electron chi connectivity index (χ4n) is 2.22. The number of aromatic nitrogens is 2. The standard InChI is InChI=1S/C16H11Cl3FN3O2S/c17-12-5-14(19)16(6-13(12)18)26(24,25)22-11-7-21-23(9-11)8-10-3-1-2-4-15(10)20/h1-7,9,22H,8H2. The summed E-state index contributed by atoms with van der Waals surface area (Å²) in [6, 6.07) is 8.67. The Bertz CT molecular complexity index is 1070. The maximum atomic E-state index is 13.7. The molecule has 0 atom stereocenters. The van der Waals surface area contributed by atoms with E-state index in [-0.39, 0.29) is 38.0 Å². The molecule has 26 heavy (non-hydrogen) atoms. The zero-order valence-corrected chi connectivity index (χ0v) is 16.0. The number of rotatable bonds is 5. The molecule has 0 unspecified atom stereocenters. The lowest BCUT2D eigenvalue weighted by atomic mass is 10.2. The van der Waals surface area contributed by atoms with E-state index >= 15 is 0 Å². The van der Waals surface area contributed by atoms with Crippen LogP contribution in [0.2, 0.25) is 15.1 Å². The first-order chi connectivity index (χ1) is 12.3. The largest absolute Gasteiger partial charge is 0.276 e. The number of hydrogen-bond acceptors (Lipinski definition) is 3. The van der Waals surface area contributed by atoms with E-state index in [0.29, 0.717) is 5.56 Å². The van der Waals surface area contributed by atoms with Crippen molar-refractivity contribution in [2.45, 2.75) is 11.4 Å². The number of hydrogen-bond donors (Lipinski definition) is 1. The third-order valence-electron chi connectivity index (χ3n) is 3.44. The third kappa shape index (κ3) is 4.12. The molecule has 0 amide bonds. The molecule has 136 valence electrons. The van der Waals surface area contributed by atoms with Crippen LogP contribution in [0.15, 0.2) is 53.7 Å². The van der Waals surface area contributed by atoms with Crippen LogP contribution in [-0.4, -0.2) is 18.2 Å². The average Bonchev–Trinajstić information content (AvgIpc) is 2.99. The number of anilines is 1. The van der Waals surface area contributed by atoms with Crippen molar-refractivity contribution in [2.75, 3.05) is 4.72 Å². The molecule has 3 aromatic rings. The maximum Gasteiger partial charge on any atom is 0.263 e. The van der Waals surface area contributed by atoms with Gasteiger partial charge < -0.3 is 0 Å². The van der Waals surface area contributed by atoms with Gasteiger partial charge in [0.25, 0.3) is 10.0 Å². The molecule has 0 spiro atoms. The first-order valence-electron chi connectivity index (χ1n) is 7.19. The van der Waals surface area contributed by atoms with Gasteiger partial charge in [-0.1, -0.05) is 53.0 Å². The Kier molecular flexibility index (Phi) is 5.43. The van der Waals surface area contributed by atoms with Crippen molar-refractivity contribution in [3.63, 3.8) is 0 Å². The highest BCUT2D eigenvalue weighted by atomic mass is 35.5. The van der Waals surface area contributed by atoms with Crippen LogP contribution >= 0.6 is 34.8 Å². The van der Waals surface area contributed by atoms with Gasteiger partial charge in [-0.15, -0.1) is 0 Å². The Morgan fingerprint density at radius 1 is 1.08 bits per heavy atom. The summed E-state index contributed by atoms with van der Waals surface area (Å²) in [5, 5.41) is 4.17. The van der Waals surface area contributed by atoms with Crippen LogP contribution in [0.1, 0.15) is 5.56 Å². The third-order valence-corrected chi connectivity index (χ3v) is 6.01. The van der Waals surface area contributed by atoms with Crippen molar-refractivity contribution in [2.24, 2.45) is 0 Å². The number of nitrogens with one attached hydrogen (secondary N) is 1. The SMILES string of the molecule is O=S(=O)(Nc1cnn(Cc2ccccc2F)c1)c1cc(Cl)c(Cl)cc1Cl. The molecule has 1 heterocycles. The Balaban J connectivity index is 1.82. The Labute approximate surface area is 164 Å². The van der Waals surface area contributed by atoms with Crippen molar-refractivity contribution in [3.05, 3.63) is 75.2 Å². The van der Waals surface area contributed by atoms with Gasteiger partial charge in [0.2, 0.25) is 0 Å². The van der Waals surface area contributed by atoms with E-state index < -0.39 is 10.0 Å². The van der Waals surface area contributed by atoms with Gasteiger partial charge in [0.15, 0.2) is 0 Å². The van der Waals surface area contributed by atoms with Crippen LogP contribution < -0.4 is 4.72 Å². The normalized spacial score (nSPS) is 11.5. The summed E-state index contributed by atoms with van der Waals surface area (Å²) >= 11 is 17.6. The number of halogens is 4. The second kappa shape index (κ2) is 7.44. The lowest BCUT2D eigenvalue weighted by molar-refractivity contribution is 0.585. The highest BCUT2D eigenvalue weighted by Gasteiger charge is 2.21. The molecule has 10 heteroatoms. The van der Waals surface area contributed by atoms with Gasteiger partial charge >= 0.3 is 0 Å². The second-order valence-corrected chi connectivity index (χ2v) is 8.19. The molecule has 1 aromatic heterocycles.